The van der Waals surface area contributed by atoms with Crippen molar-refractivity contribution in [3.8, 4) is 5.75 Å². The van der Waals surface area contributed by atoms with Gasteiger partial charge in [-0.1, -0.05) is 23.9 Å². The Hall–Kier alpha value is -1.15. The SMILES string of the molecule is C1=C[SiH]=Cc2ccccc2O1. The Balaban J connectivity index is 2.52. The molecule has 2 heteroatoms. The van der Waals surface area contributed by atoms with Crippen LogP contribution in [0.2, 0.25) is 0 Å². The van der Waals surface area contributed by atoms with Crippen molar-refractivity contribution in [1.29, 1.82) is 0 Å². The third-order valence-corrected chi connectivity index (χ3v) is 2.51. The lowest BCUT2D eigenvalue weighted by Gasteiger charge is -2.01. The van der Waals surface area contributed by atoms with Crippen LogP contribution in [0.15, 0.2) is 36.2 Å². The maximum absolute atomic E-state index is 5.36. The van der Waals surface area contributed by atoms with Gasteiger partial charge in [0.25, 0.3) is 0 Å². The monoisotopic (exact) mass is 160 g/mol. The average Bonchev–Trinajstić information content (AvgIpc) is 2.28. The van der Waals surface area contributed by atoms with Crippen LogP contribution in [0.25, 0.3) is 0 Å². The summed E-state index contributed by atoms with van der Waals surface area (Å²) < 4.78 is 5.36. The predicted molar refractivity (Wildman–Crippen MR) is 48.5 cm³/mol. The first-order valence-electron chi connectivity index (χ1n) is 3.56. The third kappa shape index (κ3) is 1.30. The van der Waals surface area contributed by atoms with E-state index >= 15 is 0 Å². The molecule has 0 spiro atoms. The zero-order valence-electron chi connectivity index (χ0n) is 6.03. The van der Waals surface area contributed by atoms with Crippen LogP contribution < -0.4 is 4.74 Å². The fraction of sp³-hybridized carbons (Fsp3) is 0. The van der Waals surface area contributed by atoms with Gasteiger partial charge in [0.15, 0.2) is 0 Å². The fourth-order valence-corrected chi connectivity index (χ4v) is 1.81. The quantitative estimate of drug-likeness (QED) is 0.517. The summed E-state index contributed by atoms with van der Waals surface area (Å²) in [6, 6.07) is 8.08. The molecule has 0 fully saturated rings. The molecule has 1 aliphatic rings. The van der Waals surface area contributed by atoms with Crippen LogP contribution in [0.3, 0.4) is 0 Å². The van der Waals surface area contributed by atoms with Crippen LogP contribution in [0, 0.1) is 0 Å². The van der Waals surface area contributed by atoms with E-state index in [1.54, 1.807) is 6.26 Å². The van der Waals surface area contributed by atoms with E-state index in [1.807, 2.05) is 18.2 Å². The molecule has 0 amide bonds. The summed E-state index contributed by atoms with van der Waals surface area (Å²) in [7, 11) is 0.283. The first-order chi connectivity index (χ1) is 5.47. The zero-order valence-corrected chi connectivity index (χ0v) is 7.18. The molecule has 1 nitrogen and oxygen atoms in total. The van der Waals surface area contributed by atoms with Gasteiger partial charge < -0.3 is 4.74 Å². The van der Waals surface area contributed by atoms with Crippen LogP contribution in [0.4, 0.5) is 0 Å². The summed E-state index contributed by atoms with van der Waals surface area (Å²) >= 11 is 0. The highest BCUT2D eigenvalue weighted by molar-refractivity contribution is 6.55. The Labute approximate surface area is 67.8 Å². The fourth-order valence-electron chi connectivity index (χ4n) is 1.04. The maximum atomic E-state index is 5.36. The molecule has 54 valence electrons. The highest BCUT2D eigenvalue weighted by Gasteiger charge is 1.97. The number of fused-ring (bicyclic) bond motifs is 1. The van der Waals surface area contributed by atoms with Gasteiger partial charge in [0.05, 0.1) is 6.26 Å². The highest BCUT2D eigenvalue weighted by atomic mass is 28.2. The van der Waals surface area contributed by atoms with Gasteiger partial charge in [-0.25, -0.2) is 0 Å². The molecule has 0 radical (unpaired) electrons. The summed E-state index contributed by atoms with van der Waals surface area (Å²) in [5.41, 5.74) is 5.53. The first-order valence-corrected chi connectivity index (χ1v) is 4.89. The molecular weight excluding hydrogens is 152 g/mol. The Bertz CT molecular complexity index is 315. The molecule has 2 rings (SSSR count). The van der Waals surface area contributed by atoms with Crippen molar-refractivity contribution >= 4 is 14.8 Å². The van der Waals surface area contributed by atoms with Gasteiger partial charge in [-0.15, -0.1) is 0 Å². The summed E-state index contributed by atoms with van der Waals surface area (Å²) in [5.74, 6) is 0.966. The average molecular weight is 160 g/mol. The predicted octanol–water partition coefficient (Wildman–Crippen LogP) is 1.14. The minimum absolute atomic E-state index is 0.283. The van der Waals surface area contributed by atoms with Gasteiger partial charge in [-0.2, -0.15) is 0 Å². The van der Waals surface area contributed by atoms with E-state index in [0.29, 0.717) is 0 Å². The molecular formula is C9H8OSi. The molecule has 11 heavy (non-hydrogen) atoms. The molecule has 1 aromatic carbocycles. The molecule has 0 aliphatic carbocycles. The van der Waals surface area contributed by atoms with Crippen molar-refractivity contribution in [3.05, 3.63) is 41.8 Å². The molecule has 0 atom stereocenters. The molecule has 1 heterocycles. The summed E-state index contributed by atoms with van der Waals surface area (Å²) in [5, 5.41) is 0. The second-order valence-electron chi connectivity index (χ2n) is 2.34. The molecule has 1 aromatic rings. The second kappa shape index (κ2) is 2.84. The van der Waals surface area contributed by atoms with Gasteiger partial charge in [-0.05, 0) is 11.8 Å². The zero-order chi connectivity index (χ0) is 7.52. The minimum Gasteiger partial charge on any atom is -0.465 e. The van der Waals surface area contributed by atoms with E-state index in [-0.39, 0.29) is 9.13 Å². The van der Waals surface area contributed by atoms with Crippen molar-refractivity contribution in [2.75, 3.05) is 0 Å². The molecule has 0 N–H and O–H groups in total. The van der Waals surface area contributed by atoms with Crippen molar-refractivity contribution in [2.24, 2.45) is 0 Å². The molecule has 1 aliphatic heterocycles. The number of hydrogen-bond donors (Lipinski definition) is 0. The third-order valence-electron chi connectivity index (χ3n) is 1.58. The van der Waals surface area contributed by atoms with E-state index in [1.165, 1.54) is 5.56 Å². The first kappa shape index (κ1) is 6.55. The van der Waals surface area contributed by atoms with Gasteiger partial charge in [0.2, 0.25) is 0 Å². The normalized spacial score (nSPS) is 13.5. The van der Waals surface area contributed by atoms with Gasteiger partial charge in [0.1, 0.15) is 5.75 Å². The van der Waals surface area contributed by atoms with E-state index < -0.39 is 0 Å². The lowest BCUT2D eigenvalue weighted by atomic mass is 10.2. The highest BCUT2D eigenvalue weighted by Crippen LogP contribution is 2.16. The van der Waals surface area contributed by atoms with E-state index in [4.69, 9.17) is 4.74 Å². The smallest absolute Gasteiger partial charge is 0.133 e. The van der Waals surface area contributed by atoms with Crippen LogP contribution in [-0.2, 0) is 0 Å². The van der Waals surface area contributed by atoms with Crippen molar-refractivity contribution in [3.63, 3.8) is 0 Å². The van der Waals surface area contributed by atoms with Gasteiger partial charge in [0, 0.05) is 14.7 Å². The Morgan fingerprint density at radius 1 is 1.18 bits per heavy atom. The van der Waals surface area contributed by atoms with Crippen LogP contribution >= 0.6 is 0 Å². The number of rotatable bonds is 0. The minimum atomic E-state index is 0.283. The van der Waals surface area contributed by atoms with Crippen LogP contribution in [0.1, 0.15) is 5.56 Å². The largest absolute Gasteiger partial charge is 0.465 e. The van der Waals surface area contributed by atoms with Crippen LogP contribution in [-0.4, -0.2) is 14.8 Å². The second-order valence-corrected chi connectivity index (χ2v) is 3.45. The Kier molecular flexibility index (Phi) is 1.69. The summed E-state index contributed by atoms with van der Waals surface area (Å²) in [6.07, 6.45) is 1.78. The standard InChI is InChI=1S/C9H8OSi/c1-2-4-9-8(3-1)7-11-6-5-10-9/h1-7,11H. The van der Waals surface area contributed by atoms with Crippen molar-refractivity contribution in [2.45, 2.75) is 0 Å². The maximum Gasteiger partial charge on any atom is 0.133 e. The number of benzene rings is 1. The topological polar surface area (TPSA) is 9.23 Å². The lowest BCUT2D eigenvalue weighted by molar-refractivity contribution is 0.482. The van der Waals surface area contributed by atoms with E-state index in [9.17, 15) is 0 Å². The number of ether oxygens (including phenoxy) is 1. The van der Waals surface area contributed by atoms with Gasteiger partial charge >= 0.3 is 0 Å². The molecule has 0 aromatic heterocycles. The number of hydrogen-bond acceptors (Lipinski definition) is 1. The summed E-state index contributed by atoms with van der Waals surface area (Å²) in [4.78, 5) is 0. The van der Waals surface area contributed by atoms with Crippen LogP contribution in [0.5, 0.6) is 5.75 Å². The molecule has 0 unspecified atom stereocenters. The molecule has 0 saturated carbocycles. The summed E-state index contributed by atoms with van der Waals surface area (Å²) in [6.45, 7) is 0. The van der Waals surface area contributed by atoms with Gasteiger partial charge in [-0.3, -0.25) is 0 Å². The van der Waals surface area contributed by atoms with Crippen molar-refractivity contribution < 1.29 is 4.74 Å². The number of para-hydroxylation sites is 1. The molecule has 0 saturated heterocycles. The Morgan fingerprint density at radius 2 is 2.09 bits per heavy atom. The Morgan fingerprint density at radius 3 is 3.09 bits per heavy atom. The lowest BCUT2D eigenvalue weighted by Crippen LogP contribution is -1.86. The molecule has 0 bridgehead atoms. The van der Waals surface area contributed by atoms with Crippen molar-refractivity contribution in [1.82, 2.24) is 0 Å². The van der Waals surface area contributed by atoms with E-state index in [2.05, 4.69) is 17.4 Å². The van der Waals surface area contributed by atoms with E-state index in [0.717, 1.165) is 5.75 Å².